The third-order valence-corrected chi connectivity index (χ3v) is 5.74. The fraction of sp³-hybridized carbons (Fsp3) is 0.350. The molecule has 6 heteroatoms. The maximum absolute atomic E-state index is 5.61. The normalized spacial score (nSPS) is 17.5. The first-order valence-electron chi connectivity index (χ1n) is 8.74. The van der Waals surface area contributed by atoms with Crippen molar-refractivity contribution in [3.8, 4) is 22.1 Å². The molecule has 1 aromatic carbocycles. The summed E-state index contributed by atoms with van der Waals surface area (Å²) in [5.74, 6) is 2.53. The van der Waals surface area contributed by atoms with Crippen molar-refractivity contribution in [3.63, 3.8) is 0 Å². The monoisotopic (exact) mass is 370 g/mol. The molecule has 1 aliphatic heterocycles. The molecule has 1 atom stereocenters. The lowest BCUT2D eigenvalue weighted by molar-refractivity contribution is 0.235. The van der Waals surface area contributed by atoms with Crippen molar-refractivity contribution >= 4 is 11.3 Å². The van der Waals surface area contributed by atoms with Gasteiger partial charge < -0.3 is 14.0 Å². The number of rotatable bonds is 6. The molecule has 0 saturated carbocycles. The van der Waals surface area contributed by atoms with Gasteiger partial charge in [-0.15, -0.1) is 11.3 Å². The summed E-state index contributed by atoms with van der Waals surface area (Å²) in [6.07, 6.45) is 2.27. The second-order valence-corrected chi connectivity index (χ2v) is 7.34. The molecule has 3 aromatic rings. The van der Waals surface area contributed by atoms with Gasteiger partial charge in [0.15, 0.2) is 5.76 Å². The Morgan fingerprint density at radius 2 is 2.15 bits per heavy atom. The van der Waals surface area contributed by atoms with Crippen LogP contribution in [0.15, 0.2) is 46.3 Å². The van der Waals surface area contributed by atoms with Crippen molar-refractivity contribution in [2.45, 2.75) is 25.4 Å². The predicted molar refractivity (Wildman–Crippen MR) is 102 cm³/mol. The largest absolute Gasteiger partial charge is 0.497 e. The number of thiophene rings is 1. The first kappa shape index (κ1) is 17.1. The van der Waals surface area contributed by atoms with Crippen molar-refractivity contribution in [1.29, 1.82) is 0 Å². The van der Waals surface area contributed by atoms with Crippen LogP contribution >= 0.6 is 11.3 Å². The molecule has 0 amide bonds. The molecule has 1 fully saturated rings. The molecule has 4 rings (SSSR count). The van der Waals surface area contributed by atoms with Crippen molar-refractivity contribution in [2.75, 3.05) is 20.8 Å². The zero-order valence-electron chi connectivity index (χ0n) is 15.0. The van der Waals surface area contributed by atoms with Crippen LogP contribution in [-0.4, -0.2) is 30.8 Å². The molecule has 1 saturated heterocycles. The fourth-order valence-corrected chi connectivity index (χ4v) is 4.26. The first-order chi connectivity index (χ1) is 12.8. The first-order valence-corrected chi connectivity index (χ1v) is 9.62. The van der Waals surface area contributed by atoms with Gasteiger partial charge in [0.05, 0.1) is 24.8 Å². The highest BCUT2D eigenvalue weighted by molar-refractivity contribution is 7.13. The molecule has 2 aromatic heterocycles. The molecule has 0 N–H and O–H groups in total. The summed E-state index contributed by atoms with van der Waals surface area (Å²) in [6, 6.07) is 12.5. The van der Waals surface area contributed by atoms with Gasteiger partial charge in [0.2, 0.25) is 0 Å². The van der Waals surface area contributed by atoms with Gasteiger partial charge in [-0.05, 0) is 36.9 Å². The SMILES string of the molecule is COc1ccc([C@@H]2CCCN2Cc2cc(-c3cccs3)on2)c(OC)c1. The Balaban J connectivity index is 1.54. The van der Waals surface area contributed by atoms with E-state index in [1.54, 1.807) is 25.6 Å². The molecular formula is C20H22N2O3S. The minimum Gasteiger partial charge on any atom is -0.497 e. The lowest BCUT2D eigenvalue weighted by Crippen LogP contribution is -2.23. The quantitative estimate of drug-likeness (QED) is 0.626. The van der Waals surface area contributed by atoms with Gasteiger partial charge in [-0.2, -0.15) is 0 Å². The second kappa shape index (κ2) is 7.51. The number of nitrogens with zero attached hydrogens (tertiary/aromatic N) is 2. The summed E-state index contributed by atoms with van der Waals surface area (Å²) < 4.78 is 16.5. The standard InChI is InChI=1S/C20H22N2O3S/c1-23-15-7-8-16(18(12-15)24-2)17-5-3-9-22(17)13-14-11-19(25-21-14)20-6-4-10-26-20/h4,6-8,10-12,17H,3,5,9,13H2,1-2H3/t17-/m0/s1. The number of aromatic nitrogens is 1. The molecule has 0 bridgehead atoms. The zero-order chi connectivity index (χ0) is 17.9. The maximum atomic E-state index is 5.61. The summed E-state index contributed by atoms with van der Waals surface area (Å²) in [5.41, 5.74) is 2.17. The van der Waals surface area contributed by atoms with Crippen LogP contribution in [0, 0.1) is 0 Å². The number of hydrogen-bond donors (Lipinski definition) is 0. The Hall–Kier alpha value is -2.31. The van der Waals surface area contributed by atoms with Gasteiger partial charge in [0.1, 0.15) is 11.5 Å². The van der Waals surface area contributed by atoms with E-state index in [2.05, 4.69) is 22.2 Å². The van der Waals surface area contributed by atoms with Gasteiger partial charge in [0.25, 0.3) is 0 Å². The fourth-order valence-electron chi connectivity index (χ4n) is 3.59. The number of likely N-dealkylation sites (tertiary alicyclic amines) is 1. The van der Waals surface area contributed by atoms with Gasteiger partial charge >= 0.3 is 0 Å². The highest BCUT2D eigenvalue weighted by Crippen LogP contribution is 2.39. The predicted octanol–water partition coefficient (Wildman–Crippen LogP) is 4.76. The van der Waals surface area contributed by atoms with Crippen molar-refractivity contribution in [1.82, 2.24) is 10.1 Å². The maximum Gasteiger partial charge on any atom is 0.177 e. The second-order valence-electron chi connectivity index (χ2n) is 6.40. The van der Waals surface area contributed by atoms with Crippen LogP contribution in [0.1, 0.15) is 30.1 Å². The van der Waals surface area contributed by atoms with E-state index in [4.69, 9.17) is 14.0 Å². The van der Waals surface area contributed by atoms with Crippen LogP contribution < -0.4 is 9.47 Å². The van der Waals surface area contributed by atoms with Gasteiger partial charge in [-0.25, -0.2) is 0 Å². The smallest absolute Gasteiger partial charge is 0.177 e. The molecule has 0 aliphatic carbocycles. The van der Waals surface area contributed by atoms with Crippen LogP contribution in [-0.2, 0) is 6.54 Å². The summed E-state index contributed by atoms with van der Waals surface area (Å²) in [7, 11) is 3.38. The Bertz CT molecular complexity index is 860. The van der Waals surface area contributed by atoms with Crippen LogP contribution in [0.25, 0.3) is 10.6 Å². The van der Waals surface area contributed by atoms with E-state index < -0.39 is 0 Å². The van der Waals surface area contributed by atoms with Crippen molar-refractivity contribution < 1.29 is 14.0 Å². The third kappa shape index (κ3) is 3.34. The van der Waals surface area contributed by atoms with E-state index in [0.717, 1.165) is 53.8 Å². The van der Waals surface area contributed by atoms with Crippen molar-refractivity contribution in [3.05, 3.63) is 53.0 Å². The minimum absolute atomic E-state index is 0.317. The topological polar surface area (TPSA) is 47.7 Å². The van der Waals surface area contributed by atoms with E-state index in [0.29, 0.717) is 6.04 Å². The van der Waals surface area contributed by atoms with Gasteiger partial charge in [-0.1, -0.05) is 17.3 Å². The van der Waals surface area contributed by atoms with E-state index in [9.17, 15) is 0 Å². The average Bonchev–Trinajstić information content (AvgIpc) is 3.43. The Kier molecular flexibility index (Phi) is 4.95. The number of hydrogen-bond acceptors (Lipinski definition) is 6. The molecule has 5 nitrogen and oxygen atoms in total. The van der Waals surface area contributed by atoms with Crippen LogP contribution in [0.4, 0.5) is 0 Å². The van der Waals surface area contributed by atoms with Crippen LogP contribution in [0.2, 0.25) is 0 Å². The van der Waals surface area contributed by atoms with Crippen LogP contribution in [0.5, 0.6) is 11.5 Å². The minimum atomic E-state index is 0.317. The number of ether oxygens (including phenoxy) is 2. The number of methoxy groups -OCH3 is 2. The lowest BCUT2D eigenvalue weighted by Gasteiger charge is -2.25. The van der Waals surface area contributed by atoms with E-state index in [1.807, 2.05) is 29.6 Å². The Morgan fingerprint density at radius 3 is 2.92 bits per heavy atom. The van der Waals surface area contributed by atoms with Gasteiger partial charge in [0, 0.05) is 30.3 Å². The Labute approximate surface area is 157 Å². The third-order valence-electron chi connectivity index (χ3n) is 4.85. The van der Waals surface area contributed by atoms with E-state index in [-0.39, 0.29) is 0 Å². The summed E-state index contributed by atoms with van der Waals surface area (Å²) >= 11 is 1.66. The zero-order valence-corrected chi connectivity index (χ0v) is 15.8. The molecule has 3 heterocycles. The molecule has 136 valence electrons. The number of benzene rings is 1. The van der Waals surface area contributed by atoms with E-state index >= 15 is 0 Å². The van der Waals surface area contributed by atoms with Crippen LogP contribution in [0.3, 0.4) is 0 Å². The highest BCUT2D eigenvalue weighted by atomic mass is 32.1. The molecular weight excluding hydrogens is 348 g/mol. The molecule has 1 aliphatic rings. The molecule has 0 radical (unpaired) electrons. The average molecular weight is 370 g/mol. The highest BCUT2D eigenvalue weighted by Gasteiger charge is 2.29. The molecule has 0 unspecified atom stereocenters. The Morgan fingerprint density at radius 1 is 1.23 bits per heavy atom. The summed E-state index contributed by atoms with van der Waals surface area (Å²) in [4.78, 5) is 3.55. The summed E-state index contributed by atoms with van der Waals surface area (Å²) in [5, 5.41) is 6.32. The molecule has 26 heavy (non-hydrogen) atoms. The van der Waals surface area contributed by atoms with Crippen molar-refractivity contribution in [2.24, 2.45) is 0 Å². The van der Waals surface area contributed by atoms with E-state index in [1.165, 1.54) is 5.56 Å². The molecule has 0 spiro atoms. The van der Waals surface area contributed by atoms with Gasteiger partial charge in [-0.3, -0.25) is 4.90 Å². The lowest BCUT2D eigenvalue weighted by atomic mass is 10.0. The summed E-state index contributed by atoms with van der Waals surface area (Å²) in [6.45, 7) is 1.82.